The van der Waals surface area contributed by atoms with Crippen LogP contribution in [0.1, 0.15) is 24.2 Å². The molecule has 15 heavy (non-hydrogen) atoms. The van der Waals surface area contributed by atoms with Gasteiger partial charge in [0.1, 0.15) is 0 Å². The smallest absolute Gasteiger partial charge is 0.251 e. The van der Waals surface area contributed by atoms with Gasteiger partial charge in [0.15, 0.2) is 0 Å². The van der Waals surface area contributed by atoms with Gasteiger partial charge in [-0.1, -0.05) is 11.6 Å². The molecule has 3 nitrogen and oxygen atoms in total. The van der Waals surface area contributed by atoms with Gasteiger partial charge in [0.25, 0.3) is 5.91 Å². The number of halogens is 1. The van der Waals surface area contributed by atoms with Gasteiger partial charge < -0.3 is 10.4 Å². The molecule has 1 amide bonds. The van der Waals surface area contributed by atoms with Gasteiger partial charge in [0, 0.05) is 17.1 Å². The van der Waals surface area contributed by atoms with Gasteiger partial charge in [-0.25, -0.2) is 0 Å². The Hall–Kier alpha value is -1.06. The van der Waals surface area contributed by atoms with Crippen LogP contribution in [0.2, 0.25) is 5.02 Å². The Bertz CT molecular complexity index is 341. The SMILES string of the molecule is CC(C)(O)CNC(=O)c1ccc(Cl)cc1. The van der Waals surface area contributed by atoms with Crippen molar-refractivity contribution in [2.75, 3.05) is 6.54 Å². The van der Waals surface area contributed by atoms with Crippen molar-refractivity contribution in [1.29, 1.82) is 0 Å². The van der Waals surface area contributed by atoms with Crippen molar-refractivity contribution in [2.24, 2.45) is 0 Å². The van der Waals surface area contributed by atoms with E-state index < -0.39 is 5.60 Å². The summed E-state index contributed by atoms with van der Waals surface area (Å²) in [5.41, 5.74) is -0.370. The van der Waals surface area contributed by atoms with Crippen LogP contribution in [0.15, 0.2) is 24.3 Å². The zero-order valence-electron chi connectivity index (χ0n) is 8.75. The molecule has 0 unspecified atom stereocenters. The molecule has 1 rings (SSSR count). The molecule has 4 heteroatoms. The van der Waals surface area contributed by atoms with E-state index in [-0.39, 0.29) is 12.5 Å². The van der Waals surface area contributed by atoms with E-state index in [9.17, 15) is 9.90 Å². The lowest BCUT2D eigenvalue weighted by Gasteiger charge is -2.17. The highest BCUT2D eigenvalue weighted by atomic mass is 35.5. The van der Waals surface area contributed by atoms with E-state index in [1.807, 2.05) is 0 Å². The fraction of sp³-hybridized carbons (Fsp3) is 0.364. The molecule has 0 aliphatic rings. The Balaban J connectivity index is 2.58. The fourth-order valence-corrected chi connectivity index (χ4v) is 1.13. The Kier molecular flexibility index (Phi) is 3.72. The van der Waals surface area contributed by atoms with E-state index in [2.05, 4.69) is 5.32 Å². The molecule has 0 fully saturated rings. The molecule has 0 atom stereocenters. The summed E-state index contributed by atoms with van der Waals surface area (Å²) >= 11 is 5.69. The number of carbonyl (C=O) groups excluding carboxylic acids is 1. The van der Waals surface area contributed by atoms with Gasteiger partial charge in [-0.15, -0.1) is 0 Å². The largest absolute Gasteiger partial charge is 0.389 e. The molecule has 0 aromatic heterocycles. The lowest BCUT2D eigenvalue weighted by molar-refractivity contribution is 0.0694. The first-order chi connectivity index (χ1) is 6.88. The van der Waals surface area contributed by atoms with Crippen LogP contribution < -0.4 is 5.32 Å². The summed E-state index contributed by atoms with van der Waals surface area (Å²) in [4.78, 5) is 11.5. The van der Waals surface area contributed by atoms with E-state index in [1.54, 1.807) is 38.1 Å². The Morgan fingerprint density at radius 1 is 1.40 bits per heavy atom. The van der Waals surface area contributed by atoms with Gasteiger partial charge >= 0.3 is 0 Å². The molecular formula is C11H14ClNO2. The number of nitrogens with one attached hydrogen (secondary N) is 1. The van der Waals surface area contributed by atoms with E-state index in [4.69, 9.17) is 11.6 Å². The molecular weight excluding hydrogens is 214 g/mol. The standard InChI is InChI=1S/C11H14ClNO2/c1-11(2,15)7-13-10(14)8-3-5-9(12)6-4-8/h3-6,15H,7H2,1-2H3,(H,13,14). The highest BCUT2D eigenvalue weighted by Gasteiger charge is 2.14. The summed E-state index contributed by atoms with van der Waals surface area (Å²) in [6.45, 7) is 3.48. The predicted molar refractivity (Wildman–Crippen MR) is 60.1 cm³/mol. The molecule has 0 aliphatic carbocycles. The van der Waals surface area contributed by atoms with Crippen LogP contribution in [0.4, 0.5) is 0 Å². The van der Waals surface area contributed by atoms with E-state index >= 15 is 0 Å². The summed E-state index contributed by atoms with van der Waals surface area (Å²) in [5, 5.41) is 12.6. The monoisotopic (exact) mass is 227 g/mol. The molecule has 1 aromatic rings. The maximum Gasteiger partial charge on any atom is 0.251 e. The number of benzene rings is 1. The first kappa shape index (κ1) is 12.0. The summed E-state index contributed by atoms with van der Waals surface area (Å²) in [7, 11) is 0. The molecule has 82 valence electrons. The van der Waals surface area contributed by atoms with E-state index in [0.29, 0.717) is 10.6 Å². The first-order valence-corrected chi connectivity index (χ1v) is 5.02. The van der Waals surface area contributed by atoms with Crippen molar-refractivity contribution in [1.82, 2.24) is 5.32 Å². The molecule has 0 saturated carbocycles. The molecule has 1 aromatic carbocycles. The van der Waals surface area contributed by atoms with Crippen LogP contribution in [0.25, 0.3) is 0 Å². The Morgan fingerprint density at radius 3 is 2.40 bits per heavy atom. The number of hydrogen-bond donors (Lipinski definition) is 2. The molecule has 0 aliphatic heterocycles. The summed E-state index contributed by atoms with van der Waals surface area (Å²) in [6.07, 6.45) is 0. The quantitative estimate of drug-likeness (QED) is 0.828. The minimum Gasteiger partial charge on any atom is -0.389 e. The molecule has 2 N–H and O–H groups in total. The topological polar surface area (TPSA) is 49.3 Å². The van der Waals surface area contributed by atoms with Gasteiger partial charge in [-0.05, 0) is 38.1 Å². The number of amides is 1. The molecule has 0 heterocycles. The second-order valence-corrected chi connectivity index (χ2v) is 4.44. The van der Waals surface area contributed by atoms with E-state index in [0.717, 1.165) is 0 Å². The minimum absolute atomic E-state index is 0.214. The van der Waals surface area contributed by atoms with Gasteiger partial charge in [0.05, 0.1) is 5.60 Å². The van der Waals surface area contributed by atoms with E-state index in [1.165, 1.54) is 0 Å². The maximum atomic E-state index is 11.5. The van der Waals surface area contributed by atoms with Gasteiger partial charge in [0.2, 0.25) is 0 Å². The van der Waals surface area contributed by atoms with Crippen molar-refractivity contribution in [3.63, 3.8) is 0 Å². The Labute approximate surface area is 94.1 Å². The summed E-state index contributed by atoms with van der Waals surface area (Å²) in [6, 6.07) is 6.59. The second-order valence-electron chi connectivity index (χ2n) is 4.00. The van der Waals surface area contributed by atoms with Crippen molar-refractivity contribution in [3.8, 4) is 0 Å². The van der Waals surface area contributed by atoms with Crippen LogP contribution in [0.3, 0.4) is 0 Å². The third kappa shape index (κ3) is 4.32. The highest BCUT2D eigenvalue weighted by Crippen LogP contribution is 2.09. The lowest BCUT2D eigenvalue weighted by Crippen LogP contribution is -2.38. The predicted octanol–water partition coefficient (Wildman–Crippen LogP) is 1.84. The number of carbonyl (C=O) groups is 1. The highest BCUT2D eigenvalue weighted by molar-refractivity contribution is 6.30. The summed E-state index contributed by atoms with van der Waals surface area (Å²) < 4.78 is 0. The van der Waals surface area contributed by atoms with Crippen molar-refractivity contribution in [3.05, 3.63) is 34.9 Å². The lowest BCUT2D eigenvalue weighted by atomic mass is 10.1. The van der Waals surface area contributed by atoms with Crippen molar-refractivity contribution < 1.29 is 9.90 Å². The number of aliphatic hydroxyl groups is 1. The minimum atomic E-state index is -0.901. The zero-order chi connectivity index (χ0) is 11.5. The first-order valence-electron chi connectivity index (χ1n) is 4.65. The molecule has 0 radical (unpaired) electrons. The van der Waals surface area contributed by atoms with Crippen molar-refractivity contribution in [2.45, 2.75) is 19.4 Å². The van der Waals surface area contributed by atoms with Gasteiger partial charge in [-0.2, -0.15) is 0 Å². The number of hydrogen-bond acceptors (Lipinski definition) is 2. The van der Waals surface area contributed by atoms with Crippen LogP contribution in [0, 0.1) is 0 Å². The molecule has 0 saturated heterocycles. The molecule has 0 bridgehead atoms. The normalized spacial score (nSPS) is 11.2. The summed E-state index contributed by atoms with van der Waals surface area (Å²) in [5.74, 6) is -0.214. The van der Waals surface area contributed by atoms with Crippen LogP contribution in [0.5, 0.6) is 0 Å². The second kappa shape index (κ2) is 4.64. The Morgan fingerprint density at radius 2 is 1.93 bits per heavy atom. The van der Waals surface area contributed by atoms with Crippen LogP contribution >= 0.6 is 11.6 Å². The van der Waals surface area contributed by atoms with Gasteiger partial charge in [-0.3, -0.25) is 4.79 Å². The molecule has 0 spiro atoms. The fourth-order valence-electron chi connectivity index (χ4n) is 1.000. The average Bonchev–Trinajstić information content (AvgIpc) is 2.14. The third-order valence-electron chi connectivity index (χ3n) is 1.79. The zero-order valence-corrected chi connectivity index (χ0v) is 9.51. The van der Waals surface area contributed by atoms with Crippen molar-refractivity contribution >= 4 is 17.5 Å². The van der Waals surface area contributed by atoms with Crippen LogP contribution in [-0.2, 0) is 0 Å². The average molecular weight is 228 g/mol. The van der Waals surface area contributed by atoms with Crippen LogP contribution in [-0.4, -0.2) is 23.2 Å². The maximum absolute atomic E-state index is 11.5. The third-order valence-corrected chi connectivity index (χ3v) is 2.04. The number of rotatable bonds is 3.